The van der Waals surface area contributed by atoms with Crippen LogP contribution in [0, 0.1) is 0 Å². The Morgan fingerprint density at radius 2 is 2.10 bits per heavy atom. The van der Waals surface area contributed by atoms with E-state index in [0.29, 0.717) is 6.42 Å². The van der Waals surface area contributed by atoms with E-state index < -0.39 is 0 Å². The van der Waals surface area contributed by atoms with Crippen LogP contribution in [0.15, 0.2) is 0 Å². The van der Waals surface area contributed by atoms with Gasteiger partial charge in [-0.1, -0.05) is 6.92 Å². The number of hydrogen-bond donors (Lipinski definition) is 0. The molecule has 0 bridgehead atoms. The van der Waals surface area contributed by atoms with Crippen LogP contribution >= 0.6 is 0 Å². The number of carbonyl (C=O) groups is 1. The first-order valence-electron chi connectivity index (χ1n) is 3.75. The molecule has 1 rings (SSSR count). The quantitative estimate of drug-likeness (QED) is 0.499. The van der Waals surface area contributed by atoms with Crippen molar-refractivity contribution in [2.75, 3.05) is 26.2 Å². The highest BCUT2D eigenvalue weighted by Crippen LogP contribution is 1.96. The zero-order valence-electron chi connectivity index (χ0n) is 6.34. The van der Waals surface area contributed by atoms with Gasteiger partial charge in [0.1, 0.15) is 0 Å². The van der Waals surface area contributed by atoms with Crippen molar-refractivity contribution in [2.24, 2.45) is 0 Å². The molecule has 0 atom stereocenters. The zero-order chi connectivity index (χ0) is 7.40. The summed E-state index contributed by atoms with van der Waals surface area (Å²) in [5.74, 6) is 0.259. The molecule has 1 saturated heterocycles. The second-order valence-corrected chi connectivity index (χ2v) is 2.41. The van der Waals surface area contributed by atoms with E-state index in [1.165, 1.54) is 0 Å². The molecule has 0 aromatic carbocycles. The smallest absolute Gasteiger partial charge is 0.222 e. The van der Waals surface area contributed by atoms with Gasteiger partial charge >= 0.3 is 0 Å². The van der Waals surface area contributed by atoms with Crippen LogP contribution in [0.25, 0.3) is 0 Å². The average Bonchev–Trinajstić information content (AvgIpc) is 2.05. The van der Waals surface area contributed by atoms with E-state index in [2.05, 4.69) is 5.32 Å². The molecule has 10 heavy (non-hydrogen) atoms. The third kappa shape index (κ3) is 1.70. The third-order valence-electron chi connectivity index (χ3n) is 1.71. The normalized spacial score (nSPS) is 19.1. The van der Waals surface area contributed by atoms with E-state index in [1.807, 2.05) is 11.8 Å². The van der Waals surface area contributed by atoms with Gasteiger partial charge in [0.05, 0.1) is 0 Å². The Labute approximate surface area is 61.4 Å². The molecule has 0 N–H and O–H groups in total. The van der Waals surface area contributed by atoms with E-state index in [4.69, 9.17) is 0 Å². The zero-order valence-corrected chi connectivity index (χ0v) is 6.34. The van der Waals surface area contributed by atoms with Crippen molar-refractivity contribution in [3.8, 4) is 0 Å². The molecule has 0 aromatic heterocycles. The minimum absolute atomic E-state index is 0.259. The van der Waals surface area contributed by atoms with E-state index >= 15 is 0 Å². The molecule has 1 aliphatic heterocycles. The van der Waals surface area contributed by atoms with E-state index in [0.717, 1.165) is 26.2 Å². The molecule has 0 saturated carbocycles. The van der Waals surface area contributed by atoms with Crippen molar-refractivity contribution >= 4 is 5.91 Å². The van der Waals surface area contributed by atoms with E-state index in [-0.39, 0.29) is 5.91 Å². The second-order valence-electron chi connectivity index (χ2n) is 2.41. The maximum absolute atomic E-state index is 11.1. The molecule has 1 radical (unpaired) electrons. The molecular weight excluding hydrogens is 128 g/mol. The average molecular weight is 141 g/mol. The summed E-state index contributed by atoms with van der Waals surface area (Å²) in [6.45, 7) is 5.20. The summed E-state index contributed by atoms with van der Waals surface area (Å²) in [4.78, 5) is 12.9. The highest BCUT2D eigenvalue weighted by Gasteiger charge is 2.13. The lowest BCUT2D eigenvalue weighted by Gasteiger charge is -2.25. The van der Waals surface area contributed by atoms with Crippen molar-refractivity contribution in [3.63, 3.8) is 0 Å². The summed E-state index contributed by atoms with van der Waals surface area (Å²) in [5.41, 5.74) is 0. The van der Waals surface area contributed by atoms with Crippen LogP contribution in [0.4, 0.5) is 0 Å². The minimum Gasteiger partial charge on any atom is -0.340 e. The Hall–Kier alpha value is -0.570. The molecular formula is C7H13N2O. The van der Waals surface area contributed by atoms with Crippen LogP contribution in [0.3, 0.4) is 0 Å². The Kier molecular flexibility index (Phi) is 2.68. The predicted octanol–water partition coefficient (Wildman–Crippen LogP) is -0.157. The lowest BCUT2D eigenvalue weighted by atomic mass is 10.3. The lowest BCUT2D eigenvalue weighted by Crippen LogP contribution is -2.43. The largest absolute Gasteiger partial charge is 0.340 e. The molecule has 3 nitrogen and oxygen atoms in total. The Balaban J connectivity index is 2.31. The number of carbonyl (C=O) groups excluding carboxylic acids is 1. The van der Waals surface area contributed by atoms with Gasteiger partial charge in [0, 0.05) is 32.6 Å². The van der Waals surface area contributed by atoms with E-state index in [9.17, 15) is 4.79 Å². The first kappa shape index (κ1) is 7.54. The Bertz CT molecular complexity index is 119. The number of rotatable bonds is 1. The highest BCUT2D eigenvalue weighted by molar-refractivity contribution is 5.75. The maximum Gasteiger partial charge on any atom is 0.222 e. The van der Waals surface area contributed by atoms with Gasteiger partial charge in [0.2, 0.25) is 5.91 Å². The highest BCUT2D eigenvalue weighted by atomic mass is 16.2. The van der Waals surface area contributed by atoms with Gasteiger partial charge in [-0.2, -0.15) is 0 Å². The third-order valence-corrected chi connectivity index (χ3v) is 1.71. The van der Waals surface area contributed by atoms with Gasteiger partial charge in [-0.05, 0) is 0 Å². The van der Waals surface area contributed by atoms with Gasteiger partial charge < -0.3 is 4.90 Å². The molecule has 0 aliphatic carbocycles. The molecule has 1 fully saturated rings. The second kappa shape index (κ2) is 3.56. The SMILES string of the molecule is CCC(=O)N1CC[N]CC1. The minimum atomic E-state index is 0.259. The standard InChI is InChI=1S/C7H13N2O/c1-2-7(10)9-5-3-8-4-6-9/h2-6H2,1H3. The van der Waals surface area contributed by atoms with Gasteiger partial charge in [0.25, 0.3) is 0 Å². The van der Waals surface area contributed by atoms with Gasteiger partial charge in [-0.15, -0.1) is 0 Å². The lowest BCUT2D eigenvalue weighted by molar-refractivity contribution is -0.131. The number of amides is 1. The van der Waals surface area contributed by atoms with Crippen molar-refractivity contribution in [3.05, 3.63) is 0 Å². The molecule has 3 heteroatoms. The summed E-state index contributed by atoms with van der Waals surface area (Å²) in [6.07, 6.45) is 0.625. The first-order valence-corrected chi connectivity index (χ1v) is 3.75. The van der Waals surface area contributed by atoms with Crippen LogP contribution in [-0.4, -0.2) is 37.0 Å². The molecule has 0 spiro atoms. The van der Waals surface area contributed by atoms with Crippen LogP contribution in [-0.2, 0) is 4.79 Å². The summed E-state index contributed by atoms with van der Waals surface area (Å²) in [6, 6.07) is 0. The van der Waals surface area contributed by atoms with Crippen LogP contribution in [0.5, 0.6) is 0 Å². The molecule has 1 aliphatic rings. The van der Waals surface area contributed by atoms with Gasteiger partial charge in [0.15, 0.2) is 0 Å². The predicted molar refractivity (Wildman–Crippen MR) is 38.7 cm³/mol. The number of hydrogen-bond acceptors (Lipinski definition) is 1. The fourth-order valence-corrected chi connectivity index (χ4v) is 1.08. The van der Waals surface area contributed by atoms with Crippen LogP contribution in [0.1, 0.15) is 13.3 Å². The van der Waals surface area contributed by atoms with Gasteiger partial charge in [-0.3, -0.25) is 4.79 Å². The Morgan fingerprint density at radius 1 is 1.50 bits per heavy atom. The van der Waals surface area contributed by atoms with Crippen molar-refractivity contribution < 1.29 is 4.79 Å². The van der Waals surface area contributed by atoms with E-state index in [1.54, 1.807) is 0 Å². The first-order chi connectivity index (χ1) is 4.84. The summed E-state index contributed by atoms with van der Waals surface area (Å²) < 4.78 is 0. The van der Waals surface area contributed by atoms with Gasteiger partial charge in [-0.25, -0.2) is 5.32 Å². The van der Waals surface area contributed by atoms with Crippen LogP contribution in [0.2, 0.25) is 0 Å². The summed E-state index contributed by atoms with van der Waals surface area (Å²) >= 11 is 0. The fourth-order valence-electron chi connectivity index (χ4n) is 1.08. The van der Waals surface area contributed by atoms with Crippen molar-refractivity contribution in [1.82, 2.24) is 10.2 Å². The monoisotopic (exact) mass is 141 g/mol. The van der Waals surface area contributed by atoms with Crippen molar-refractivity contribution in [1.29, 1.82) is 0 Å². The number of nitrogens with zero attached hydrogens (tertiary/aromatic N) is 2. The molecule has 0 aromatic rings. The summed E-state index contributed by atoms with van der Waals surface area (Å²) in [5, 5.41) is 4.15. The van der Waals surface area contributed by atoms with Crippen molar-refractivity contribution in [2.45, 2.75) is 13.3 Å². The molecule has 57 valence electrons. The molecule has 0 unspecified atom stereocenters. The topological polar surface area (TPSA) is 34.4 Å². The Morgan fingerprint density at radius 3 is 2.60 bits per heavy atom. The molecule has 1 amide bonds. The number of piperazine rings is 1. The molecule has 1 heterocycles. The summed E-state index contributed by atoms with van der Waals surface area (Å²) in [7, 11) is 0. The maximum atomic E-state index is 11.1. The fraction of sp³-hybridized carbons (Fsp3) is 0.857. The van der Waals surface area contributed by atoms with Crippen LogP contribution < -0.4 is 5.32 Å².